The lowest BCUT2D eigenvalue weighted by Gasteiger charge is -2.19. The lowest BCUT2D eigenvalue weighted by Crippen LogP contribution is -2.44. The van der Waals surface area contributed by atoms with Gasteiger partial charge < -0.3 is 20.7 Å². The molecule has 0 aliphatic heterocycles. The van der Waals surface area contributed by atoms with Gasteiger partial charge in [-0.3, -0.25) is 4.99 Å². The second kappa shape index (κ2) is 10.3. The molecule has 0 fully saturated rings. The highest BCUT2D eigenvalue weighted by Gasteiger charge is 2.15. The Balaban J connectivity index is 3.85. The van der Waals surface area contributed by atoms with Crippen LogP contribution < -0.4 is 20.7 Å². The molecule has 0 aliphatic rings. The molecule has 0 heterocycles. The predicted octanol–water partition coefficient (Wildman–Crippen LogP) is -0.385. The number of carbonyl (C=O) groups excluding carboxylic acids is 1. The third kappa shape index (κ3) is 12.7. The van der Waals surface area contributed by atoms with Crippen LogP contribution in [0, 0.1) is 0 Å². The molecule has 0 saturated heterocycles. The van der Waals surface area contributed by atoms with E-state index in [9.17, 15) is 13.2 Å². The van der Waals surface area contributed by atoms with Crippen molar-refractivity contribution in [3.8, 4) is 0 Å². The summed E-state index contributed by atoms with van der Waals surface area (Å²) >= 11 is 0. The molecule has 0 rings (SSSR count). The van der Waals surface area contributed by atoms with Gasteiger partial charge in [0.2, 0.25) is 10.0 Å². The number of alkyl carbamates (subject to hydrolysis) is 1. The molecule has 1 amide bonds. The van der Waals surface area contributed by atoms with Gasteiger partial charge in [0.15, 0.2) is 5.96 Å². The van der Waals surface area contributed by atoms with E-state index in [0.29, 0.717) is 25.6 Å². The van der Waals surface area contributed by atoms with Crippen LogP contribution in [0.2, 0.25) is 0 Å². The maximum absolute atomic E-state index is 11.4. The Kier molecular flexibility index (Phi) is 9.58. The second-order valence-corrected chi connectivity index (χ2v) is 7.75. The monoisotopic (exact) mass is 351 g/mol. The number of nitrogens with zero attached hydrogens (tertiary/aromatic N) is 1. The van der Waals surface area contributed by atoms with Gasteiger partial charge in [0.25, 0.3) is 0 Å². The highest BCUT2D eigenvalue weighted by Crippen LogP contribution is 2.05. The van der Waals surface area contributed by atoms with Crippen LogP contribution in [-0.2, 0) is 14.8 Å². The number of hydrogen-bond donors (Lipinski definition) is 4. The number of aliphatic imine (C=N–C) groups is 1. The average molecular weight is 351 g/mol. The minimum atomic E-state index is -3.18. The van der Waals surface area contributed by atoms with Gasteiger partial charge in [-0.1, -0.05) is 0 Å². The van der Waals surface area contributed by atoms with E-state index in [2.05, 4.69) is 25.7 Å². The second-order valence-electron chi connectivity index (χ2n) is 5.65. The molecule has 0 aromatic carbocycles. The van der Waals surface area contributed by atoms with Gasteiger partial charge in [-0.15, -0.1) is 0 Å². The topological polar surface area (TPSA) is 121 Å². The van der Waals surface area contributed by atoms with Gasteiger partial charge >= 0.3 is 6.09 Å². The molecule has 10 heteroatoms. The van der Waals surface area contributed by atoms with Crippen LogP contribution in [0.3, 0.4) is 0 Å². The summed E-state index contributed by atoms with van der Waals surface area (Å²) in [5.74, 6) is 0.572. The van der Waals surface area contributed by atoms with Gasteiger partial charge in [0.05, 0.1) is 5.75 Å². The largest absolute Gasteiger partial charge is 0.444 e. The van der Waals surface area contributed by atoms with Crippen LogP contribution in [-0.4, -0.2) is 65.1 Å². The maximum Gasteiger partial charge on any atom is 0.407 e. The minimum absolute atomic E-state index is 0.0519. The number of nitrogens with one attached hydrogen (secondary N) is 4. The predicted molar refractivity (Wildman–Crippen MR) is 91.1 cm³/mol. The summed E-state index contributed by atoms with van der Waals surface area (Å²) in [7, 11) is -1.58. The van der Waals surface area contributed by atoms with Crippen molar-refractivity contribution in [1.82, 2.24) is 20.7 Å². The zero-order valence-electron chi connectivity index (χ0n) is 14.5. The van der Waals surface area contributed by atoms with Crippen molar-refractivity contribution in [2.24, 2.45) is 4.99 Å². The summed E-state index contributed by atoms with van der Waals surface area (Å²) in [6.07, 6.45) is -0.476. The number of rotatable bonds is 8. The van der Waals surface area contributed by atoms with Crippen LogP contribution in [0.25, 0.3) is 0 Å². The lowest BCUT2D eigenvalue weighted by atomic mass is 10.2. The molecule has 9 nitrogen and oxygen atoms in total. The normalized spacial score (nSPS) is 12.7. The minimum Gasteiger partial charge on any atom is -0.444 e. The summed E-state index contributed by atoms with van der Waals surface area (Å²) in [4.78, 5) is 15.4. The first-order valence-electron chi connectivity index (χ1n) is 7.48. The Morgan fingerprint density at radius 1 is 1.04 bits per heavy atom. The molecule has 0 radical (unpaired) electrons. The van der Waals surface area contributed by atoms with Gasteiger partial charge in [-0.2, -0.15) is 0 Å². The summed E-state index contributed by atoms with van der Waals surface area (Å²) < 4.78 is 30.1. The molecule has 0 aromatic rings. The van der Waals surface area contributed by atoms with Gasteiger partial charge in [-0.25, -0.2) is 17.9 Å². The maximum atomic E-state index is 11.4. The average Bonchev–Trinajstić information content (AvgIpc) is 2.43. The van der Waals surface area contributed by atoms with Crippen molar-refractivity contribution in [3.05, 3.63) is 0 Å². The molecule has 0 aromatic heterocycles. The standard InChI is InChI=1S/C13H29N5O4S/c1-6-23(20,21)18-10-9-16-11(14-5)15-7-8-17-12(19)22-13(2,3)4/h18H,6-10H2,1-5H3,(H,17,19)(H2,14,15,16). The van der Waals surface area contributed by atoms with Crippen LogP contribution >= 0.6 is 0 Å². The third-order valence-electron chi connectivity index (χ3n) is 2.43. The fourth-order valence-corrected chi connectivity index (χ4v) is 1.99. The Morgan fingerprint density at radius 3 is 2.04 bits per heavy atom. The Morgan fingerprint density at radius 2 is 1.57 bits per heavy atom. The summed E-state index contributed by atoms with van der Waals surface area (Å²) in [5, 5.41) is 8.57. The van der Waals surface area contributed by atoms with E-state index in [1.54, 1.807) is 34.7 Å². The van der Waals surface area contributed by atoms with E-state index in [-0.39, 0.29) is 12.3 Å². The van der Waals surface area contributed by atoms with E-state index >= 15 is 0 Å². The fraction of sp³-hybridized carbons (Fsp3) is 0.846. The summed E-state index contributed by atoms with van der Waals surface area (Å²) in [6.45, 7) is 8.47. The quantitative estimate of drug-likeness (QED) is 0.269. The number of sulfonamides is 1. The third-order valence-corrected chi connectivity index (χ3v) is 3.83. The van der Waals surface area contributed by atoms with Crippen LogP contribution in [0.4, 0.5) is 4.79 Å². The number of hydrogen-bond acceptors (Lipinski definition) is 5. The van der Waals surface area contributed by atoms with Gasteiger partial charge in [0, 0.05) is 33.2 Å². The molecule has 0 atom stereocenters. The van der Waals surface area contributed by atoms with Crippen molar-refractivity contribution in [1.29, 1.82) is 0 Å². The smallest absolute Gasteiger partial charge is 0.407 e. The molecular weight excluding hydrogens is 322 g/mol. The summed E-state index contributed by atoms with van der Waals surface area (Å²) in [5.41, 5.74) is -0.527. The van der Waals surface area contributed by atoms with Crippen molar-refractivity contribution in [2.45, 2.75) is 33.3 Å². The molecule has 0 bridgehead atoms. The molecule has 4 N–H and O–H groups in total. The van der Waals surface area contributed by atoms with Crippen LogP contribution in [0.15, 0.2) is 4.99 Å². The van der Waals surface area contributed by atoms with E-state index in [0.717, 1.165) is 0 Å². The van der Waals surface area contributed by atoms with E-state index < -0.39 is 21.7 Å². The van der Waals surface area contributed by atoms with Crippen LogP contribution in [0.1, 0.15) is 27.7 Å². The van der Waals surface area contributed by atoms with Crippen molar-refractivity contribution in [2.75, 3.05) is 39.0 Å². The molecule has 0 saturated carbocycles. The number of guanidine groups is 1. The molecule has 0 aliphatic carbocycles. The highest BCUT2D eigenvalue weighted by molar-refractivity contribution is 7.89. The molecule has 0 spiro atoms. The highest BCUT2D eigenvalue weighted by atomic mass is 32.2. The SMILES string of the molecule is CCS(=O)(=O)NCCNC(=NC)NCCNC(=O)OC(C)(C)C. The molecule has 23 heavy (non-hydrogen) atoms. The van der Waals surface area contributed by atoms with Gasteiger partial charge in [-0.05, 0) is 27.7 Å². The number of amides is 1. The van der Waals surface area contributed by atoms with Crippen molar-refractivity contribution < 1.29 is 17.9 Å². The zero-order chi connectivity index (χ0) is 17.9. The fourth-order valence-electron chi connectivity index (χ4n) is 1.37. The number of ether oxygens (including phenoxy) is 1. The first-order chi connectivity index (χ1) is 10.6. The first kappa shape index (κ1) is 21.4. The van der Waals surface area contributed by atoms with Crippen LogP contribution in [0.5, 0.6) is 0 Å². The van der Waals surface area contributed by atoms with E-state index in [1.807, 2.05) is 0 Å². The lowest BCUT2D eigenvalue weighted by molar-refractivity contribution is 0.0529. The molecular formula is C13H29N5O4S. The Hall–Kier alpha value is -1.55. The zero-order valence-corrected chi connectivity index (χ0v) is 15.3. The van der Waals surface area contributed by atoms with E-state index in [1.165, 1.54) is 0 Å². The Bertz CT molecular complexity index is 485. The van der Waals surface area contributed by atoms with E-state index in [4.69, 9.17) is 4.74 Å². The van der Waals surface area contributed by atoms with Gasteiger partial charge in [0.1, 0.15) is 5.60 Å². The Labute approximate surface area is 138 Å². The van der Waals surface area contributed by atoms with Crippen molar-refractivity contribution in [3.63, 3.8) is 0 Å². The number of carbonyl (C=O) groups is 1. The first-order valence-corrected chi connectivity index (χ1v) is 9.13. The molecule has 0 unspecified atom stereocenters. The van der Waals surface area contributed by atoms with Crippen molar-refractivity contribution >= 4 is 22.1 Å². The molecule has 136 valence electrons. The summed E-state index contributed by atoms with van der Waals surface area (Å²) in [6, 6.07) is 0.